The molecule has 0 bridgehead atoms. The number of unbranched alkanes of at least 4 members (excludes halogenated alkanes) is 8. The molecule has 0 aromatic heterocycles. The Balaban J connectivity index is 0.00000136. The van der Waals surface area contributed by atoms with Crippen LogP contribution in [0.25, 0.3) is 0 Å². The number of ether oxygens (including phenoxy) is 18. The van der Waals surface area contributed by atoms with Crippen molar-refractivity contribution in [3.63, 3.8) is 0 Å². The maximum absolute atomic E-state index is 11.6. The number of rotatable bonds is 56. The van der Waals surface area contributed by atoms with Crippen LogP contribution >= 0.6 is 0 Å². The number of aliphatic hydroxyl groups is 1. The Morgan fingerprint density at radius 1 is 0.264 bits per heavy atom. The summed E-state index contributed by atoms with van der Waals surface area (Å²) in [5.74, 6) is 0.400. The van der Waals surface area contributed by atoms with Crippen LogP contribution in [0, 0.1) is 0 Å². The second-order valence-corrected chi connectivity index (χ2v) is 25.1. The normalized spacial score (nSPS) is 11.8. The number of Topliss-reactive ketones (excluding diaryl/α,β-unsaturated/α-hetero) is 4. The average Bonchev–Trinajstić information content (AvgIpc) is 0.953. The van der Waals surface area contributed by atoms with Crippen LogP contribution < -0.4 is 0 Å². The Labute approximate surface area is 650 Å². The molecule has 4 aromatic rings. The summed E-state index contributed by atoms with van der Waals surface area (Å²) in [4.78, 5) is 99.5. The van der Waals surface area contributed by atoms with Gasteiger partial charge in [0.05, 0.1) is 85.9 Å². The van der Waals surface area contributed by atoms with E-state index >= 15 is 0 Å². The monoisotopic (exact) mass is 1560 g/mol. The van der Waals surface area contributed by atoms with Gasteiger partial charge in [-0.15, -0.1) is 0 Å². The number of methoxy groups -OCH3 is 5. The second kappa shape index (κ2) is 72.3. The van der Waals surface area contributed by atoms with Crippen LogP contribution in [0.2, 0.25) is 0 Å². The van der Waals surface area contributed by atoms with Gasteiger partial charge in [-0.3, -0.25) is 4.79 Å². The molecular weight excluding hydrogens is 1430 g/mol. The number of carbonyl (C=O) groups is 9. The summed E-state index contributed by atoms with van der Waals surface area (Å²) >= 11 is 0. The molecule has 620 valence electrons. The van der Waals surface area contributed by atoms with Crippen molar-refractivity contribution in [3.05, 3.63) is 144 Å². The van der Waals surface area contributed by atoms with Gasteiger partial charge in [0.2, 0.25) is 0 Å². The quantitative estimate of drug-likeness (QED) is 0.0244. The Kier molecular flexibility index (Phi) is 66.8. The van der Waals surface area contributed by atoms with E-state index in [2.05, 4.69) is 9.47 Å². The molecule has 4 rings (SSSR count). The predicted molar refractivity (Wildman–Crippen MR) is 408 cm³/mol. The van der Waals surface area contributed by atoms with Gasteiger partial charge < -0.3 is 110 Å². The fourth-order valence-corrected chi connectivity index (χ4v) is 8.97. The van der Waals surface area contributed by atoms with Crippen molar-refractivity contribution < 1.29 is 134 Å². The SMILES string of the molecule is COCC(COC(=O)OCCCCCC(C)=O)OCc1ccccc1.COCC(COC(=O)OCCCCCC(C)=O)OCc1ccccc1.COCC(COC(=O)OCCCCCC(C)=O)OCc1ccccc1.COCC(COC(C)=O)OCc1ccccc1.COCC(O)COC(=O)OCCCCCC(C)=O. The van der Waals surface area contributed by atoms with Gasteiger partial charge in [-0.05, 0) is 127 Å². The van der Waals surface area contributed by atoms with Gasteiger partial charge in [-0.25, -0.2) is 19.2 Å². The molecule has 0 aliphatic rings. The van der Waals surface area contributed by atoms with Gasteiger partial charge >= 0.3 is 30.6 Å². The fourth-order valence-electron chi connectivity index (χ4n) is 8.97. The van der Waals surface area contributed by atoms with Crippen LogP contribution in [0.3, 0.4) is 0 Å². The van der Waals surface area contributed by atoms with Crippen molar-refractivity contribution >= 4 is 53.7 Å². The molecule has 1 N–H and O–H groups in total. The lowest BCUT2D eigenvalue weighted by atomic mass is 10.1. The third kappa shape index (κ3) is 67.8. The third-order valence-electron chi connectivity index (χ3n) is 14.7. The van der Waals surface area contributed by atoms with Crippen LogP contribution in [-0.4, -0.2) is 217 Å². The van der Waals surface area contributed by atoms with Crippen LogP contribution in [-0.2, 0) is 136 Å². The maximum Gasteiger partial charge on any atom is 0.508 e. The highest BCUT2D eigenvalue weighted by Crippen LogP contribution is 2.12. The average molecular weight is 1560 g/mol. The van der Waals surface area contributed by atoms with E-state index in [4.69, 9.17) is 75.8 Å². The molecule has 0 aliphatic carbocycles. The van der Waals surface area contributed by atoms with Crippen molar-refractivity contribution in [1.82, 2.24) is 0 Å². The molecule has 0 amide bonds. The maximum atomic E-state index is 11.6. The molecule has 5 atom stereocenters. The number of benzene rings is 4. The first kappa shape index (κ1) is 102. The van der Waals surface area contributed by atoms with E-state index in [0.29, 0.717) is 104 Å². The summed E-state index contributed by atoms with van der Waals surface area (Å²) in [5.41, 5.74) is 4.20. The molecule has 110 heavy (non-hydrogen) atoms. The van der Waals surface area contributed by atoms with Crippen molar-refractivity contribution in [1.29, 1.82) is 0 Å². The molecule has 4 aromatic carbocycles. The fraction of sp³-hybridized carbons (Fsp3) is 0.598. The summed E-state index contributed by atoms with van der Waals surface area (Å²) in [6.07, 6.45) is 6.69. The van der Waals surface area contributed by atoms with Crippen molar-refractivity contribution in [2.24, 2.45) is 0 Å². The van der Waals surface area contributed by atoms with Gasteiger partial charge in [-0.1, -0.05) is 121 Å². The molecule has 0 spiro atoms. The van der Waals surface area contributed by atoms with Crippen LogP contribution in [0.4, 0.5) is 19.2 Å². The molecule has 0 heterocycles. The first-order chi connectivity index (χ1) is 53.1. The third-order valence-corrected chi connectivity index (χ3v) is 14.7. The summed E-state index contributed by atoms with van der Waals surface area (Å²) in [7, 11) is 7.74. The molecule has 0 aliphatic heterocycles. The van der Waals surface area contributed by atoms with Crippen molar-refractivity contribution in [2.75, 3.05) is 128 Å². The first-order valence-corrected chi connectivity index (χ1v) is 37.2. The highest BCUT2D eigenvalue weighted by atomic mass is 16.7. The standard InChI is InChI=1S/3C19H28O6.C13H18O4.C12H22O6/c3*1-16(20)9-5-4-8-12-23-19(21)25-15-18(14-22-2)24-13-17-10-6-3-7-11-17;1-11(14)16-10-13(9-15-2)17-8-12-6-4-3-5-7-12;1-10(13)6-4-3-5-7-17-12(15)18-9-11(14)8-16-2/h3*3,6-7,10-11,18H,4-5,8-9,12-15H2,1-2H3;3-7,13H,8-10H2,1-2H3;11,14H,3-9H2,1-2H3. The summed E-state index contributed by atoms with van der Waals surface area (Å²) < 4.78 is 92.2. The summed E-state index contributed by atoms with van der Waals surface area (Å²) in [5, 5.41) is 9.20. The zero-order chi connectivity index (χ0) is 81.3. The number of aliphatic hydroxyl groups excluding tert-OH is 1. The van der Waals surface area contributed by atoms with E-state index < -0.39 is 30.7 Å². The highest BCUT2D eigenvalue weighted by molar-refractivity contribution is 5.76. The topological polar surface area (TPSA) is 340 Å². The minimum atomic E-state index is -0.835. The zero-order valence-corrected chi connectivity index (χ0v) is 66.4. The van der Waals surface area contributed by atoms with Crippen molar-refractivity contribution in [2.45, 2.75) is 194 Å². The molecule has 5 unspecified atom stereocenters. The molecular formula is C82H124O28. The van der Waals surface area contributed by atoms with Gasteiger partial charge in [0.15, 0.2) is 0 Å². The van der Waals surface area contributed by atoms with Crippen LogP contribution in [0.15, 0.2) is 121 Å². The lowest BCUT2D eigenvalue weighted by Crippen LogP contribution is -2.27. The lowest BCUT2D eigenvalue weighted by Gasteiger charge is -2.17. The molecule has 0 radical (unpaired) electrons. The number of hydrogen-bond acceptors (Lipinski definition) is 28. The predicted octanol–water partition coefficient (Wildman–Crippen LogP) is 13.6. The molecule has 0 fully saturated rings. The summed E-state index contributed by atoms with van der Waals surface area (Å²) in [6, 6.07) is 39.1. The van der Waals surface area contributed by atoms with E-state index in [1.165, 1.54) is 14.0 Å². The smallest absolute Gasteiger partial charge is 0.463 e. The zero-order valence-electron chi connectivity index (χ0n) is 66.4. The number of esters is 1. The Morgan fingerprint density at radius 3 is 0.691 bits per heavy atom. The first-order valence-electron chi connectivity index (χ1n) is 37.2. The molecule has 28 nitrogen and oxygen atoms in total. The molecule has 0 saturated heterocycles. The Bertz CT molecular complexity index is 2710. The Hall–Kier alpha value is -8.29. The number of hydrogen-bond donors (Lipinski definition) is 1. The molecule has 0 saturated carbocycles. The second-order valence-electron chi connectivity index (χ2n) is 25.1. The minimum absolute atomic E-state index is 0.0733. The van der Waals surface area contributed by atoms with E-state index in [1.54, 1.807) is 56.1 Å². The van der Waals surface area contributed by atoms with Gasteiger partial charge in [0.1, 0.15) is 86.7 Å². The van der Waals surface area contributed by atoms with E-state index in [-0.39, 0.29) is 120 Å². The summed E-state index contributed by atoms with van der Waals surface area (Å²) in [6.45, 7) is 12.3. The number of ketones is 4. The number of carbonyl (C=O) groups excluding carboxylic acids is 9. The van der Waals surface area contributed by atoms with E-state index in [9.17, 15) is 48.3 Å². The van der Waals surface area contributed by atoms with E-state index in [1.807, 2.05) is 121 Å². The van der Waals surface area contributed by atoms with Crippen LogP contribution in [0.1, 0.15) is 160 Å². The van der Waals surface area contributed by atoms with Gasteiger partial charge in [0.25, 0.3) is 0 Å². The van der Waals surface area contributed by atoms with Crippen molar-refractivity contribution in [3.8, 4) is 0 Å². The van der Waals surface area contributed by atoms with Crippen LogP contribution in [0.5, 0.6) is 0 Å². The lowest BCUT2D eigenvalue weighted by molar-refractivity contribution is -0.147. The van der Waals surface area contributed by atoms with E-state index in [0.717, 1.165) is 73.6 Å². The minimum Gasteiger partial charge on any atom is -0.463 e. The Morgan fingerprint density at radius 2 is 0.482 bits per heavy atom. The molecule has 28 heteroatoms. The van der Waals surface area contributed by atoms with Gasteiger partial charge in [0, 0.05) is 68.2 Å². The largest absolute Gasteiger partial charge is 0.508 e. The highest BCUT2D eigenvalue weighted by Gasteiger charge is 2.18. The van der Waals surface area contributed by atoms with Gasteiger partial charge in [-0.2, -0.15) is 0 Å².